The van der Waals surface area contributed by atoms with E-state index in [0.717, 1.165) is 12.8 Å². The average molecular weight is 310 g/mol. The molecule has 21 heavy (non-hydrogen) atoms. The fourth-order valence-corrected chi connectivity index (χ4v) is 3.23. The number of hydrazine groups is 1. The van der Waals surface area contributed by atoms with Gasteiger partial charge in [-0.25, -0.2) is 0 Å². The topological polar surface area (TPSA) is 110 Å². The molecular weight excluding hydrogens is 292 g/mol. The van der Waals surface area contributed by atoms with Crippen molar-refractivity contribution in [3.63, 3.8) is 0 Å². The summed E-state index contributed by atoms with van der Waals surface area (Å²) < 4.78 is 0.144. The second-order valence-electron chi connectivity index (χ2n) is 5.06. The molecule has 1 aromatic carbocycles. The second kappa shape index (κ2) is 6.31. The lowest BCUT2D eigenvalue weighted by Crippen LogP contribution is -2.45. The summed E-state index contributed by atoms with van der Waals surface area (Å²) in [4.78, 5) is 22.4. The molecule has 0 atom stereocenters. The first-order chi connectivity index (χ1) is 10.0. The lowest BCUT2D eigenvalue weighted by molar-refractivity contribution is -0.384. The van der Waals surface area contributed by atoms with E-state index in [1.54, 1.807) is 11.8 Å². The number of amides is 1. The van der Waals surface area contributed by atoms with Crippen molar-refractivity contribution in [2.24, 2.45) is 5.84 Å². The van der Waals surface area contributed by atoms with E-state index in [1.807, 2.05) is 6.26 Å². The maximum atomic E-state index is 12.1. The first-order valence-electron chi connectivity index (χ1n) is 6.60. The number of nitrogens with one attached hydrogen (secondary N) is 2. The molecule has 7 nitrogen and oxygen atoms in total. The number of nitro benzene ring substituents is 1. The molecule has 0 spiro atoms. The van der Waals surface area contributed by atoms with Crippen molar-refractivity contribution in [1.29, 1.82) is 0 Å². The van der Waals surface area contributed by atoms with E-state index in [2.05, 4.69) is 10.7 Å². The number of nitrogens with two attached hydrogens (primary N) is 1. The highest BCUT2D eigenvalue weighted by Gasteiger charge is 2.36. The van der Waals surface area contributed by atoms with Crippen LogP contribution in [0, 0.1) is 10.1 Å². The lowest BCUT2D eigenvalue weighted by atomic mass is 9.84. The van der Waals surface area contributed by atoms with Crippen molar-refractivity contribution in [2.45, 2.75) is 24.0 Å². The molecule has 1 aromatic rings. The van der Waals surface area contributed by atoms with E-state index < -0.39 is 4.92 Å². The van der Waals surface area contributed by atoms with E-state index in [-0.39, 0.29) is 22.0 Å². The van der Waals surface area contributed by atoms with Crippen molar-refractivity contribution >= 4 is 29.0 Å². The van der Waals surface area contributed by atoms with Crippen LogP contribution in [0.5, 0.6) is 0 Å². The summed E-state index contributed by atoms with van der Waals surface area (Å²) in [5, 5.41) is 13.7. The van der Waals surface area contributed by atoms with Crippen LogP contribution in [0.1, 0.15) is 29.6 Å². The van der Waals surface area contributed by atoms with Crippen molar-refractivity contribution in [3.05, 3.63) is 33.9 Å². The number of anilines is 1. The number of nitrogens with zero attached hydrogens (tertiary/aromatic N) is 1. The number of thioether (sulfide) groups is 1. The van der Waals surface area contributed by atoms with E-state index in [4.69, 9.17) is 5.84 Å². The molecule has 0 radical (unpaired) electrons. The summed E-state index contributed by atoms with van der Waals surface area (Å²) in [6.45, 7) is 0.607. The number of carbonyl (C=O) groups excluding carboxylic acids is 1. The Kier molecular flexibility index (Phi) is 4.69. The molecule has 0 heterocycles. The summed E-state index contributed by atoms with van der Waals surface area (Å²) in [5.41, 5.74) is 2.57. The highest BCUT2D eigenvalue weighted by atomic mass is 32.2. The highest BCUT2D eigenvalue weighted by Crippen LogP contribution is 2.42. The van der Waals surface area contributed by atoms with Crippen LogP contribution in [0.15, 0.2) is 18.2 Å². The number of nitro groups is 1. The average Bonchev–Trinajstić information content (AvgIpc) is 2.45. The maximum absolute atomic E-state index is 12.1. The molecule has 0 bridgehead atoms. The Balaban J connectivity index is 2.07. The third-order valence-corrected chi connectivity index (χ3v) is 5.30. The standard InChI is InChI=1S/C13H18N4O3S/c1-21-13(5-2-6-13)8-15-12(18)9-3-4-11(17(19)20)10(7-9)16-14/h3-4,7,16H,2,5-6,8,14H2,1H3,(H,15,18). The van der Waals surface area contributed by atoms with Crippen LogP contribution in [0.25, 0.3) is 0 Å². The number of nitrogen functional groups attached to an aromatic ring is 1. The third kappa shape index (κ3) is 3.27. The summed E-state index contributed by atoms with van der Waals surface area (Å²) in [7, 11) is 0. The first-order valence-corrected chi connectivity index (χ1v) is 7.82. The Labute approximate surface area is 126 Å². The molecule has 1 saturated carbocycles. The minimum absolute atomic E-state index is 0.121. The second-order valence-corrected chi connectivity index (χ2v) is 6.33. The molecule has 1 aliphatic rings. The molecular formula is C13H18N4O3S. The van der Waals surface area contributed by atoms with Crippen LogP contribution >= 0.6 is 11.8 Å². The van der Waals surface area contributed by atoms with Gasteiger partial charge in [-0.1, -0.05) is 6.42 Å². The molecule has 2 rings (SSSR count). The van der Waals surface area contributed by atoms with Crippen molar-refractivity contribution in [3.8, 4) is 0 Å². The van der Waals surface area contributed by atoms with Gasteiger partial charge in [-0.15, -0.1) is 0 Å². The fourth-order valence-electron chi connectivity index (χ4n) is 2.32. The SMILES string of the molecule is CSC1(CNC(=O)c2ccc([N+](=O)[O-])c(NN)c2)CCC1. The molecule has 0 unspecified atom stereocenters. The Hall–Kier alpha value is -1.80. The summed E-state index contributed by atoms with van der Waals surface area (Å²) >= 11 is 1.77. The summed E-state index contributed by atoms with van der Waals surface area (Å²) in [6.07, 6.45) is 5.44. The summed E-state index contributed by atoms with van der Waals surface area (Å²) in [5.74, 6) is 5.01. The van der Waals surface area contributed by atoms with E-state index in [0.29, 0.717) is 12.1 Å². The minimum atomic E-state index is -0.548. The van der Waals surface area contributed by atoms with Gasteiger partial charge in [-0.3, -0.25) is 20.8 Å². The zero-order valence-corrected chi connectivity index (χ0v) is 12.5. The van der Waals surface area contributed by atoms with Crippen molar-refractivity contribution in [2.75, 3.05) is 18.2 Å². The monoisotopic (exact) mass is 310 g/mol. The van der Waals surface area contributed by atoms with Gasteiger partial charge >= 0.3 is 0 Å². The van der Waals surface area contributed by atoms with Crippen LogP contribution < -0.4 is 16.6 Å². The fraction of sp³-hybridized carbons (Fsp3) is 0.462. The maximum Gasteiger partial charge on any atom is 0.293 e. The van der Waals surface area contributed by atoms with Gasteiger partial charge in [0.2, 0.25) is 0 Å². The normalized spacial score (nSPS) is 15.9. The Morgan fingerprint density at radius 1 is 1.52 bits per heavy atom. The number of hydrogen-bond donors (Lipinski definition) is 3. The van der Waals surface area contributed by atoms with Gasteiger partial charge in [0, 0.05) is 22.9 Å². The van der Waals surface area contributed by atoms with Gasteiger partial charge in [-0.2, -0.15) is 11.8 Å². The van der Waals surface area contributed by atoms with Crippen LogP contribution in [0.4, 0.5) is 11.4 Å². The number of rotatable bonds is 6. The van der Waals surface area contributed by atoms with E-state index in [1.165, 1.54) is 24.6 Å². The number of carbonyl (C=O) groups is 1. The van der Waals surface area contributed by atoms with Crippen molar-refractivity contribution in [1.82, 2.24) is 5.32 Å². The van der Waals surface area contributed by atoms with Gasteiger partial charge in [0.1, 0.15) is 5.69 Å². The zero-order chi connectivity index (χ0) is 15.5. The van der Waals surface area contributed by atoms with Crippen molar-refractivity contribution < 1.29 is 9.72 Å². The lowest BCUT2D eigenvalue weighted by Gasteiger charge is -2.40. The molecule has 1 aliphatic carbocycles. The minimum Gasteiger partial charge on any atom is -0.351 e. The first kappa shape index (κ1) is 15.6. The Morgan fingerprint density at radius 2 is 2.24 bits per heavy atom. The number of hydrogen-bond acceptors (Lipinski definition) is 6. The van der Waals surface area contributed by atoms with E-state index in [9.17, 15) is 14.9 Å². The number of benzene rings is 1. The molecule has 1 fully saturated rings. The smallest absolute Gasteiger partial charge is 0.293 e. The molecule has 114 valence electrons. The Morgan fingerprint density at radius 3 is 2.71 bits per heavy atom. The summed E-state index contributed by atoms with van der Waals surface area (Å²) in [6, 6.07) is 4.10. The molecule has 0 aromatic heterocycles. The van der Waals surface area contributed by atoms with Gasteiger partial charge in [0.25, 0.3) is 11.6 Å². The van der Waals surface area contributed by atoms with Crippen LogP contribution in [-0.2, 0) is 0 Å². The molecule has 8 heteroatoms. The van der Waals surface area contributed by atoms with Crippen LogP contribution in [0.2, 0.25) is 0 Å². The van der Waals surface area contributed by atoms with Crippen LogP contribution in [0.3, 0.4) is 0 Å². The molecule has 0 aliphatic heterocycles. The highest BCUT2D eigenvalue weighted by molar-refractivity contribution is 8.00. The van der Waals surface area contributed by atoms with Gasteiger partial charge in [0.15, 0.2) is 0 Å². The zero-order valence-electron chi connectivity index (χ0n) is 11.7. The predicted octanol–water partition coefficient (Wildman–Crippen LogP) is 1.90. The predicted molar refractivity (Wildman–Crippen MR) is 83.3 cm³/mol. The molecule has 4 N–H and O–H groups in total. The van der Waals surface area contributed by atoms with Gasteiger partial charge in [-0.05, 0) is 31.2 Å². The van der Waals surface area contributed by atoms with Gasteiger partial charge in [0.05, 0.1) is 4.92 Å². The largest absolute Gasteiger partial charge is 0.351 e. The van der Waals surface area contributed by atoms with Crippen LogP contribution in [-0.4, -0.2) is 28.4 Å². The van der Waals surface area contributed by atoms with E-state index >= 15 is 0 Å². The Bertz CT molecular complexity index is 555. The van der Waals surface area contributed by atoms with Gasteiger partial charge < -0.3 is 10.7 Å². The molecule has 1 amide bonds. The quantitative estimate of drug-likeness (QED) is 0.420. The third-order valence-electron chi connectivity index (χ3n) is 3.88. The molecule has 0 saturated heterocycles.